The van der Waals surface area contributed by atoms with Gasteiger partial charge < -0.3 is 13.7 Å². The number of nitrogens with zero attached hydrogens (tertiary/aromatic N) is 1. The van der Waals surface area contributed by atoms with Crippen LogP contribution in [0.5, 0.6) is 0 Å². The van der Waals surface area contributed by atoms with Crippen molar-refractivity contribution in [1.29, 1.82) is 0 Å². The van der Waals surface area contributed by atoms with E-state index in [-0.39, 0.29) is 0 Å². The quantitative estimate of drug-likeness (QED) is 0.129. The lowest BCUT2D eigenvalue weighted by molar-refractivity contribution is 0.668. The summed E-state index contributed by atoms with van der Waals surface area (Å²) in [5.41, 5.74) is 25.5. The smallest absolute Gasteiger partial charge is 0.135 e. The predicted molar refractivity (Wildman–Crippen MR) is 351 cm³/mol. The van der Waals surface area contributed by atoms with Gasteiger partial charge in [0.2, 0.25) is 0 Å². The van der Waals surface area contributed by atoms with Gasteiger partial charge in [-0.15, -0.1) is 0 Å². The van der Waals surface area contributed by atoms with E-state index in [0.717, 1.165) is 94.3 Å². The standard InChI is InChI=1S/C78H51NO2.C2H6/c1-3-13-52(14-4-1)57-17-9-21-61(45-57)63-23-11-19-59(47-63)54-27-36-68(37-28-54)79(69-38-29-55(30-39-69)60-20-12-24-64(48-60)62-22-10-18-58(46-62)53-15-5-2-6-16-53)70-40-31-56(32-41-70)65-33-42-77-73(49-65)74-51-67(35-44-78(74)81-77)66-34-43-76-72(50-66)71-25-7-8-26-75(71)80-76;1-2/h1-51H;1-2H3. The van der Waals surface area contributed by atoms with Crippen LogP contribution < -0.4 is 4.90 Å². The Morgan fingerprint density at radius 1 is 0.181 bits per heavy atom. The number of hydrogen-bond acceptors (Lipinski definition) is 3. The summed E-state index contributed by atoms with van der Waals surface area (Å²) in [7, 11) is 0. The van der Waals surface area contributed by atoms with E-state index >= 15 is 0 Å². The summed E-state index contributed by atoms with van der Waals surface area (Å²) in [5.74, 6) is 0. The number of furan rings is 2. The molecule has 2 aromatic heterocycles. The molecule has 3 nitrogen and oxygen atoms in total. The third-order valence-corrected chi connectivity index (χ3v) is 15.9. The Hall–Kier alpha value is -10.7. The maximum atomic E-state index is 6.44. The number of fused-ring (bicyclic) bond motifs is 6. The van der Waals surface area contributed by atoms with E-state index in [0.29, 0.717) is 0 Å². The minimum Gasteiger partial charge on any atom is -0.456 e. The lowest BCUT2D eigenvalue weighted by Gasteiger charge is -2.26. The molecule has 2 heterocycles. The van der Waals surface area contributed by atoms with Gasteiger partial charge in [0.25, 0.3) is 0 Å². The van der Waals surface area contributed by atoms with Crippen molar-refractivity contribution in [3.05, 3.63) is 309 Å². The molecule has 3 heteroatoms. The fraction of sp³-hybridized carbons (Fsp3) is 0.0250. The molecule has 0 fully saturated rings. The van der Waals surface area contributed by atoms with Gasteiger partial charge in [-0.05, 0) is 192 Å². The van der Waals surface area contributed by atoms with E-state index in [4.69, 9.17) is 8.83 Å². The SMILES string of the molecule is CC.c1ccc(-c2cccc(-c3cccc(-c4ccc(N(c5ccc(-c6cccc(-c7cccc(-c8ccccc8)c7)c6)cc5)c5ccc(-c6ccc7oc8ccc(-c9ccc%10oc%11ccccc%11c%10c9)cc8c7c6)cc5)cc4)c3)c2)cc1. The van der Waals surface area contributed by atoms with Crippen LogP contribution in [0, 0.1) is 0 Å². The van der Waals surface area contributed by atoms with Crippen molar-refractivity contribution >= 4 is 60.9 Å². The molecule has 0 atom stereocenters. The molecule has 0 amide bonds. The highest BCUT2D eigenvalue weighted by molar-refractivity contribution is 6.09. The molecule has 0 saturated carbocycles. The molecule has 0 N–H and O–H groups in total. The summed E-state index contributed by atoms with van der Waals surface area (Å²) in [6, 6.07) is 111. The molecule has 0 bridgehead atoms. The van der Waals surface area contributed by atoms with Crippen LogP contribution in [-0.2, 0) is 0 Å². The van der Waals surface area contributed by atoms with Crippen LogP contribution in [0.4, 0.5) is 17.1 Å². The Labute approximate surface area is 484 Å². The van der Waals surface area contributed by atoms with Crippen molar-refractivity contribution in [3.63, 3.8) is 0 Å². The Morgan fingerprint density at radius 2 is 0.410 bits per heavy atom. The molecule has 0 aliphatic heterocycles. The van der Waals surface area contributed by atoms with Gasteiger partial charge in [0.05, 0.1) is 0 Å². The molecule has 0 radical (unpaired) electrons. The zero-order valence-corrected chi connectivity index (χ0v) is 46.2. The van der Waals surface area contributed by atoms with Crippen molar-refractivity contribution in [2.75, 3.05) is 4.90 Å². The lowest BCUT2D eigenvalue weighted by atomic mass is 9.96. The first-order valence-corrected chi connectivity index (χ1v) is 28.6. The van der Waals surface area contributed by atoms with Crippen molar-refractivity contribution in [2.45, 2.75) is 13.8 Å². The zero-order chi connectivity index (χ0) is 55.6. The molecule has 0 aliphatic rings. The second-order valence-corrected chi connectivity index (χ2v) is 20.9. The average molecular weight is 1060 g/mol. The zero-order valence-electron chi connectivity index (χ0n) is 46.2. The van der Waals surface area contributed by atoms with Crippen LogP contribution in [-0.4, -0.2) is 0 Å². The van der Waals surface area contributed by atoms with E-state index in [9.17, 15) is 0 Å². The van der Waals surface area contributed by atoms with E-state index in [2.05, 4.69) is 302 Å². The number of hydrogen-bond donors (Lipinski definition) is 0. The number of benzene rings is 13. The van der Waals surface area contributed by atoms with E-state index in [1.54, 1.807) is 0 Å². The first-order chi connectivity index (χ1) is 41.1. The first kappa shape index (κ1) is 50.5. The van der Waals surface area contributed by atoms with E-state index in [1.807, 2.05) is 26.0 Å². The van der Waals surface area contributed by atoms with Gasteiger partial charge in [0.1, 0.15) is 22.3 Å². The fourth-order valence-electron chi connectivity index (χ4n) is 11.7. The van der Waals surface area contributed by atoms with Crippen LogP contribution >= 0.6 is 0 Å². The molecule has 0 unspecified atom stereocenters. The molecule has 0 spiro atoms. The molecule has 83 heavy (non-hydrogen) atoms. The predicted octanol–water partition coefficient (Wildman–Crippen LogP) is 23.3. The highest BCUT2D eigenvalue weighted by Gasteiger charge is 2.17. The minimum absolute atomic E-state index is 0.866. The Balaban J connectivity index is 0.00000304. The molecule has 13 aromatic carbocycles. The minimum atomic E-state index is 0.866. The molecule has 0 saturated heterocycles. The van der Waals surface area contributed by atoms with Crippen molar-refractivity contribution in [3.8, 4) is 89.0 Å². The highest BCUT2D eigenvalue weighted by atomic mass is 16.3. The van der Waals surface area contributed by atoms with Gasteiger partial charge in [-0.25, -0.2) is 0 Å². The second-order valence-electron chi connectivity index (χ2n) is 20.9. The summed E-state index contributed by atoms with van der Waals surface area (Å²) in [6.07, 6.45) is 0. The maximum absolute atomic E-state index is 6.44. The van der Waals surface area contributed by atoms with Crippen molar-refractivity contribution in [1.82, 2.24) is 0 Å². The molecule has 394 valence electrons. The van der Waals surface area contributed by atoms with Crippen LogP contribution in [0.3, 0.4) is 0 Å². The van der Waals surface area contributed by atoms with Crippen LogP contribution in [0.2, 0.25) is 0 Å². The molecular weight excluding hydrogens is 1010 g/mol. The van der Waals surface area contributed by atoms with Crippen LogP contribution in [0.15, 0.2) is 318 Å². The van der Waals surface area contributed by atoms with E-state index < -0.39 is 0 Å². The third kappa shape index (κ3) is 9.96. The van der Waals surface area contributed by atoms with Gasteiger partial charge in [0, 0.05) is 38.6 Å². The van der Waals surface area contributed by atoms with E-state index in [1.165, 1.54) is 55.6 Å². The molecular formula is C80H57NO2. The van der Waals surface area contributed by atoms with Gasteiger partial charge >= 0.3 is 0 Å². The average Bonchev–Trinajstić information content (AvgIpc) is 4.38. The lowest BCUT2D eigenvalue weighted by Crippen LogP contribution is -2.09. The largest absolute Gasteiger partial charge is 0.456 e. The monoisotopic (exact) mass is 1060 g/mol. The highest BCUT2D eigenvalue weighted by Crippen LogP contribution is 2.41. The summed E-state index contributed by atoms with van der Waals surface area (Å²) in [5, 5.41) is 4.41. The van der Waals surface area contributed by atoms with Gasteiger partial charge in [-0.1, -0.05) is 220 Å². The van der Waals surface area contributed by atoms with Gasteiger partial charge in [-0.2, -0.15) is 0 Å². The van der Waals surface area contributed by atoms with Crippen LogP contribution in [0.25, 0.3) is 133 Å². The maximum Gasteiger partial charge on any atom is 0.135 e. The van der Waals surface area contributed by atoms with Gasteiger partial charge in [0.15, 0.2) is 0 Å². The van der Waals surface area contributed by atoms with Crippen molar-refractivity contribution < 1.29 is 8.83 Å². The topological polar surface area (TPSA) is 29.5 Å². The first-order valence-electron chi connectivity index (χ1n) is 28.6. The summed E-state index contributed by atoms with van der Waals surface area (Å²) >= 11 is 0. The van der Waals surface area contributed by atoms with Crippen molar-refractivity contribution in [2.24, 2.45) is 0 Å². The number of rotatable bonds is 11. The Kier molecular flexibility index (Phi) is 13.4. The molecule has 0 aliphatic carbocycles. The molecule has 15 rings (SSSR count). The van der Waals surface area contributed by atoms with Crippen LogP contribution in [0.1, 0.15) is 13.8 Å². The Morgan fingerprint density at radius 3 is 0.759 bits per heavy atom. The summed E-state index contributed by atoms with van der Waals surface area (Å²) in [4.78, 5) is 2.35. The Bertz CT molecular complexity index is 4610. The summed E-state index contributed by atoms with van der Waals surface area (Å²) < 4.78 is 12.6. The number of anilines is 3. The summed E-state index contributed by atoms with van der Waals surface area (Å²) in [6.45, 7) is 4.00. The molecule has 15 aromatic rings. The van der Waals surface area contributed by atoms with Gasteiger partial charge in [-0.3, -0.25) is 0 Å². The normalized spacial score (nSPS) is 11.3. The third-order valence-electron chi connectivity index (χ3n) is 15.9. The number of para-hydroxylation sites is 1. The fourth-order valence-corrected chi connectivity index (χ4v) is 11.7. The second kappa shape index (κ2) is 22.1.